The third kappa shape index (κ3) is 3.28. The minimum Gasteiger partial charge on any atom is -0.398 e. The first-order chi connectivity index (χ1) is 8.91. The summed E-state index contributed by atoms with van der Waals surface area (Å²) < 4.78 is 32.7. The third-order valence-corrected chi connectivity index (χ3v) is 5.60. The van der Waals surface area contributed by atoms with Crippen LogP contribution in [0.15, 0.2) is 27.6 Å². The molecular formula is C12H17BrN2O3S. The second kappa shape index (κ2) is 5.78. The molecule has 19 heavy (non-hydrogen) atoms. The van der Waals surface area contributed by atoms with Gasteiger partial charge in [-0.1, -0.05) is 0 Å². The molecule has 1 aromatic carbocycles. The van der Waals surface area contributed by atoms with Crippen LogP contribution in [0.1, 0.15) is 13.3 Å². The summed E-state index contributed by atoms with van der Waals surface area (Å²) in [6.07, 6.45) is 0.611. The number of ether oxygens (including phenoxy) is 1. The summed E-state index contributed by atoms with van der Waals surface area (Å²) in [5, 5.41) is 0. The van der Waals surface area contributed by atoms with E-state index in [0.29, 0.717) is 36.3 Å². The molecule has 1 fully saturated rings. The van der Waals surface area contributed by atoms with Crippen molar-refractivity contribution < 1.29 is 13.2 Å². The lowest BCUT2D eigenvalue weighted by Gasteiger charge is -2.21. The van der Waals surface area contributed by atoms with Crippen LogP contribution >= 0.6 is 15.9 Å². The van der Waals surface area contributed by atoms with Crippen LogP contribution in [-0.2, 0) is 14.8 Å². The molecule has 106 valence electrons. The zero-order valence-electron chi connectivity index (χ0n) is 10.7. The molecule has 1 heterocycles. The Hall–Kier alpha value is -0.630. The van der Waals surface area contributed by atoms with E-state index in [0.717, 1.165) is 0 Å². The molecule has 0 aliphatic carbocycles. The molecular weight excluding hydrogens is 332 g/mol. The SMILES string of the molecule is CC1CN(S(=O)(=O)c2ccc(Br)c(N)c2)CCCO1. The van der Waals surface area contributed by atoms with Crippen molar-refractivity contribution in [2.24, 2.45) is 0 Å². The molecule has 0 spiro atoms. The fraction of sp³-hybridized carbons (Fsp3) is 0.500. The highest BCUT2D eigenvalue weighted by molar-refractivity contribution is 9.10. The lowest BCUT2D eigenvalue weighted by molar-refractivity contribution is 0.0752. The van der Waals surface area contributed by atoms with Crippen LogP contribution in [0.4, 0.5) is 5.69 Å². The van der Waals surface area contributed by atoms with Crippen molar-refractivity contribution in [1.29, 1.82) is 0 Å². The highest BCUT2D eigenvalue weighted by Crippen LogP contribution is 2.25. The van der Waals surface area contributed by atoms with Gasteiger partial charge in [-0.15, -0.1) is 0 Å². The Bertz CT molecular complexity index is 562. The van der Waals surface area contributed by atoms with Crippen molar-refractivity contribution in [1.82, 2.24) is 4.31 Å². The van der Waals surface area contributed by atoms with Crippen LogP contribution in [0, 0.1) is 0 Å². The molecule has 1 unspecified atom stereocenters. The van der Waals surface area contributed by atoms with Crippen molar-refractivity contribution >= 4 is 31.6 Å². The van der Waals surface area contributed by atoms with E-state index < -0.39 is 10.0 Å². The van der Waals surface area contributed by atoms with Gasteiger partial charge in [0.25, 0.3) is 0 Å². The van der Waals surface area contributed by atoms with Crippen molar-refractivity contribution in [3.63, 3.8) is 0 Å². The normalized spacial score (nSPS) is 22.1. The molecule has 1 aromatic rings. The summed E-state index contributed by atoms with van der Waals surface area (Å²) in [4.78, 5) is 0.224. The first-order valence-electron chi connectivity index (χ1n) is 6.08. The van der Waals surface area contributed by atoms with Crippen LogP contribution < -0.4 is 5.73 Å². The van der Waals surface area contributed by atoms with Gasteiger partial charge in [0.15, 0.2) is 0 Å². The van der Waals surface area contributed by atoms with Crippen molar-refractivity contribution in [3.05, 3.63) is 22.7 Å². The van der Waals surface area contributed by atoms with Crippen LogP contribution in [0.3, 0.4) is 0 Å². The Morgan fingerprint density at radius 1 is 1.47 bits per heavy atom. The van der Waals surface area contributed by atoms with E-state index in [-0.39, 0.29) is 11.0 Å². The Balaban J connectivity index is 2.32. The molecule has 0 radical (unpaired) electrons. The number of halogens is 1. The number of benzene rings is 1. The summed E-state index contributed by atoms with van der Waals surface area (Å²) in [5.41, 5.74) is 6.17. The van der Waals surface area contributed by atoms with Gasteiger partial charge in [-0.25, -0.2) is 8.42 Å². The monoisotopic (exact) mass is 348 g/mol. The number of hydrogen-bond acceptors (Lipinski definition) is 4. The molecule has 2 N–H and O–H groups in total. The number of nitrogens with two attached hydrogens (primary N) is 1. The lowest BCUT2D eigenvalue weighted by atomic mass is 10.3. The number of anilines is 1. The Morgan fingerprint density at radius 3 is 2.89 bits per heavy atom. The third-order valence-electron chi connectivity index (χ3n) is 3.02. The van der Waals surface area contributed by atoms with E-state index in [1.807, 2.05) is 6.92 Å². The first kappa shape index (κ1) is 14.8. The zero-order valence-corrected chi connectivity index (χ0v) is 13.1. The maximum Gasteiger partial charge on any atom is 0.243 e. The summed E-state index contributed by atoms with van der Waals surface area (Å²) in [5.74, 6) is 0. The molecule has 0 saturated carbocycles. The molecule has 1 aliphatic heterocycles. The largest absolute Gasteiger partial charge is 0.398 e. The van der Waals surface area contributed by atoms with Gasteiger partial charge in [0.1, 0.15) is 0 Å². The van der Waals surface area contributed by atoms with E-state index in [1.165, 1.54) is 10.4 Å². The van der Waals surface area contributed by atoms with Gasteiger partial charge >= 0.3 is 0 Å². The number of sulfonamides is 1. The van der Waals surface area contributed by atoms with Crippen LogP contribution in [0.5, 0.6) is 0 Å². The van der Waals surface area contributed by atoms with E-state index in [9.17, 15) is 8.42 Å². The van der Waals surface area contributed by atoms with E-state index >= 15 is 0 Å². The van der Waals surface area contributed by atoms with Crippen molar-refractivity contribution in [3.8, 4) is 0 Å². The van der Waals surface area contributed by atoms with Gasteiger partial charge in [-0.05, 0) is 47.5 Å². The van der Waals surface area contributed by atoms with Gasteiger partial charge in [0, 0.05) is 29.9 Å². The molecule has 0 bridgehead atoms. The predicted octanol–water partition coefficient (Wildman–Crippen LogP) is 1.83. The molecule has 0 amide bonds. The average molecular weight is 349 g/mol. The van der Waals surface area contributed by atoms with Gasteiger partial charge in [-0.2, -0.15) is 4.31 Å². The van der Waals surface area contributed by atoms with Gasteiger partial charge in [0.05, 0.1) is 11.0 Å². The molecule has 5 nitrogen and oxygen atoms in total. The van der Waals surface area contributed by atoms with Gasteiger partial charge in [0.2, 0.25) is 10.0 Å². The standard InChI is InChI=1S/C12H17BrN2O3S/c1-9-8-15(5-2-6-18-9)19(16,17)10-3-4-11(13)12(14)7-10/h3-4,7,9H,2,5-6,8,14H2,1H3. The van der Waals surface area contributed by atoms with Crippen molar-refractivity contribution in [2.75, 3.05) is 25.4 Å². The molecule has 1 aliphatic rings. The van der Waals surface area contributed by atoms with E-state index in [1.54, 1.807) is 12.1 Å². The number of nitrogen functional groups attached to an aromatic ring is 1. The number of hydrogen-bond donors (Lipinski definition) is 1. The molecule has 0 aromatic heterocycles. The summed E-state index contributed by atoms with van der Waals surface area (Å²) in [6, 6.07) is 4.70. The minimum absolute atomic E-state index is 0.0925. The molecule has 1 saturated heterocycles. The zero-order chi connectivity index (χ0) is 14.0. The highest BCUT2D eigenvalue weighted by Gasteiger charge is 2.28. The predicted molar refractivity (Wildman–Crippen MR) is 77.3 cm³/mol. The summed E-state index contributed by atoms with van der Waals surface area (Å²) >= 11 is 3.26. The Morgan fingerprint density at radius 2 is 2.21 bits per heavy atom. The summed E-state index contributed by atoms with van der Waals surface area (Å²) in [7, 11) is -3.51. The van der Waals surface area contributed by atoms with Crippen molar-refractivity contribution in [2.45, 2.75) is 24.3 Å². The Kier molecular flexibility index (Phi) is 4.50. The van der Waals surface area contributed by atoms with Gasteiger partial charge in [-0.3, -0.25) is 0 Å². The quantitative estimate of drug-likeness (QED) is 0.827. The Labute approximate surface area is 121 Å². The smallest absolute Gasteiger partial charge is 0.243 e. The maximum absolute atomic E-state index is 12.5. The maximum atomic E-state index is 12.5. The highest BCUT2D eigenvalue weighted by atomic mass is 79.9. The molecule has 7 heteroatoms. The second-order valence-electron chi connectivity index (χ2n) is 4.58. The fourth-order valence-corrected chi connectivity index (χ4v) is 3.84. The first-order valence-corrected chi connectivity index (χ1v) is 8.31. The number of rotatable bonds is 2. The summed E-state index contributed by atoms with van der Waals surface area (Å²) in [6.45, 7) is 3.32. The average Bonchev–Trinajstić information content (AvgIpc) is 2.57. The second-order valence-corrected chi connectivity index (χ2v) is 7.37. The van der Waals surface area contributed by atoms with Crippen LogP contribution in [0.2, 0.25) is 0 Å². The fourth-order valence-electron chi connectivity index (χ4n) is 2.01. The van der Waals surface area contributed by atoms with Crippen LogP contribution in [-0.4, -0.2) is 38.5 Å². The van der Waals surface area contributed by atoms with Gasteiger partial charge < -0.3 is 10.5 Å². The van der Waals surface area contributed by atoms with E-state index in [2.05, 4.69) is 15.9 Å². The minimum atomic E-state index is -3.51. The van der Waals surface area contributed by atoms with Crippen LogP contribution in [0.25, 0.3) is 0 Å². The topological polar surface area (TPSA) is 72.6 Å². The van der Waals surface area contributed by atoms with E-state index in [4.69, 9.17) is 10.5 Å². The molecule has 1 atom stereocenters. The lowest BCUT2D eigenvalue weighted by Crippen LogP contribution is -2.35. The number of nitrogens with zero attached hydrogens (tertiary/aromatic N) is 1. The molecule has 2 rings (SSSR count).